The van der Waals surface area contributed by atoms with Gasteiger partial charge in [0.15, 0.2) is 0 Å². The number of carbonyl (C=O) groups is 2. The largest absolute Gasteiger partial charge is 0.507 e. The highest BCUT2D eigenvalue weighted by atomic mass is 19.1. The van der Waals surface area contributed by atoms with Gasteiger partial charge in [-0.05, 0) is 60.9 Å². The number of carbonyl (C=O) groups excluding carboxylic acids is 2. The zero-order chi connectivity index (χ0) is 25.1. The van der Waals surface area contributed by atoms with E-state index in [9.17, 15) is 19.1 Å². The van der Waals surface area contributed by atoms with E-state index in [2.05, 4.69) is 20.7 Å². The summed E-state index contributed by atoms with van der Waals surface area (Å²) in [6, 6.07) is 15.4. The normalized spacial score (nSPS) is 13.1. The summed E-state index contributed by atoms with van der Waals surface area (Å²) in [7, 11) is 0. The van der Waals surface area contributed by atoms with Crippen molar-refractivity contribution in [3.63, 3.8) is 0 Å². The molecule has 0 atom stereocenters. The molecule has 2 aromatic carbocycles. The molecule has 2 heterocycles. The van der Waals surface area contributed by atoms with E-state index in [1.54, 1.807) is 36.4 Å². The lowest BCUT2D eigenvalue weighted by Gasteiger charge is -2.25. The maximum absolute atomic E-state index is 13.5. The number of nitrogens with one attached hydrogen (secondary N) is 2. The Hall–Kier alpha value is -4.53. The fraction of sp³-hybridized carbons (Fsp3) is 0.185. The Balaban J connectivity index is 1.36. The quantitative estimate of drug-likeness (QED) is 0.353. The monoisotopic (exact) mass is 485 g/mol. The predicted octanol–water partition coefficient (Wildman–Crippen LogP) is 5.07. The topological polar surface area (TPSA) is 109 Å². The summed E-state index contributed by atoms with van der Waals surface area (Å²) in [6.07, 6.45) is 6.04. The minimum absolute atomic E-state index is 0.0764. The molecule has 4 aromatic rings. The van der Waals surface area contributed by atoms with Crippen LogP contribution in [0.5, 0.6) is 5.75 Å². The van der Waals surface area contributed by atoms with Crippen molar-refractivity contribution in [1.82, 2.24) is 20.1 Å². The van der Waals surface area contributed by atoms with E-state index in [0.717, 1.165) is 25.0 Å². The second kappa shape index (κ2) is 9.99. The number of phenolic OH excluding ortho intramolecular Hbond substituents is 1. The average Bonchev–Trinajstić information content (AvgIpc) is 3.26. The van der Waals surface area contributed by atoms with Crippen LogP contribution < -0.4 is 10.6 Å². The first-order valence-electron chi connectivity index (χ1n) is 11.7. The SMILES string of the molecule is O=C(Nc1ccc(-c2cc(C3CCC3)n(C(=O)NCc3cccc(F)c3)n2)c(O)c1)c1ccncc1. The number of aromatic hydroxyl groups is 1. The molecule has 2 aromatic heterocycles. The first-order valence-corrected chi connectivity index (χ1v) is 11.7. The lowest BCUT2D eigenvalue weighted by atomic mass is 9.82. The Morgan fingerprint density at radius 1 is 1.06 bits per heavy atom. The van der Waals surface area contributed by atoms with Gasteiger partial charge in [0, 0.05) is 47.7 Å². The minimum atomic E-state index is -0.423. The smallest absolute Gasteiger partial charge is 0.342 e. The molecule has 5 rings (SSSR count). The first kappa shape index (κ1) is 23.2. The average molecular weight is 486 g/mol. The summed E-state index contributed by atoms with van der Waals surface area (Å²) in [5, 5.41) is 20.7. The van der Waals surface area contributed by atoms with E-state index in [0.29, 0.717) is 28.1 Å². The van der Waals surface area contributed by atoms with Gasteiger partial charge in [0.2, 0.25) is 0 Å². The molecule has 0 unspecified atom stereocenters. The number of hydrogen-bond donors (Lipinski definition) is 3. The molecule has 0 radical (unpaired) electrons. The van der Waals surface area contributed by atoms with Crippen molar-refractivity contribution < 1.29 is 19.1 Å². The van der Waals surface area contributed by atoms with Crippen LogP contribution in [-0.2, 0) is 6.54 Å². The highest BCUT2D eigenvalue weighted by Crippen LogP contribution is 2.39. The van der Waals surface area contributed by atoms with Crippen LogP contribution in [0.3, 0.4) is 0 Å². The van der Waals surface area contributed by atoms with Gasteiger partial charge in [-0.25, -0.2) is 9.18 Å². The molecule has 1 saturated carbocycles. The van der Waals surface area contributed by atoms with E-state index in [4.69, 9.17) is 0 Å². The van der Waals surface area contributed by atoms with Gasteiger partial charge in [0.25, 0.3) is 5.91 Å². The fourth-order valence-corrected chi connectivity index (χ4v) is 4.12. The van der Waals surface area contributed by atoms with Gasteiger partial charge in [-0.2, -0.15) is 9.78 Å². The van der Waals surface area contributed by atoms with E-state index in [-0.39, 0.29) is 29.9 Å². The molecular formula is C27H24FN5O3. The number of nitrogens with zero attached hydrogens (tertiary/aromatic N) is 3. The molecule has 0 saturated heterocycles. The fourth-order valence-electron chi connectivity index (χ4n) is 4.12. The highest BCUT2D eigenvalue weighted by Gasteiger charge is 2.27. The maximum Gasteiger partial charge on any atom is 0.342 e. The van der Waals surface area contributed by atoms with E-state index < -0.39 is 6.03 Å². The van der Waals surface area contributed by atoms with Crippen molar-refractivity contribution in [2.24, 2.45) is 0 Å². The molecule has 1 aliphatic rings. The summed E-state index contributed by atoms with van der Waals surface area (Å²) in [4.78, 5) is 29.3. The lowest BCUT2D eigenvalue weighted by molar-refractivity contribution is 0.102. The van der Waals surface area contributed by atoms with Gasteiger partial charge in [-0.1, -0.05) is 18.6 Å². The third-order valence-corrected chi connectivity index (χ3v) is 6.26. The molecule has 8 nitrogen and oxygen atoms in total. The standard InChI is InChI=1S/C27H24FN5O3/c28-20-6-1-3-17(13-20)16-30-27(36)33-24(18-4-2-5-18)15-23(32-33)22-8-7-21(14-25(22)34)31-26(35)19-9-11-29-12-10-19/h1,3,6-15,18,34H,2,4-5,16H2,(H,30,36)(H,31,35). The molecule has 3 N–H and O–H groups in total. The van der Waals surface area contributed by atoms with Gasteiger partial charge in [-0.15, -0.1) is 0 Å². The molecular weight excluding hydrogens is 461 g/mol. The number of halogens is 1. The van der Waals surface area contributed by atoms with Gasteiger partial charge < -0.3 is 15.7 Å². The van der Waals surface area contributed by atoms with Gasteiger partial charge in [0.1, 0.15) is 11.6 Å². The van der Waals surface area contributed by atoms with Gasteiger partial charge in [0.05, 0.1) is 11.4 Å². The zero-order valence-corrected chi connectivity index (χ0v) is 19.3. The number of amides is 2. The molecule has 1 fully saturated rings. The number of pyridine rings is 1. The summed E-state index contributed by atoms with van der Waals surface area (Å²) in [6.45, 7) is 0.160. The molecule has 2 amide bonds. The van der Waals surface area contributed by atoms with Crippen molar-refractivity contribution in [2.45, 2.75) is 31.7 Å². The molecule has 1 aliphatic carbocycles. The molecule has 182 valence electrons. The number of anilines is 1. The van der Waals surface area contributed by atoms with Crippen LogP contribution in [0.1, 0.15) is 46.8 Å². The van der Waals surface area contributed by atoms with Gasteiger partial charge in [-0.3, -0.25) is 9.78 Å². The number of benzene rings is 2. The van der Waals surface area contributed by atoms with Crippen LogP contribution in [0.4, 0.5) is 14.9 Å². The van der Waals surface area contributed by atoms with Crippen LogP contribution in [0.2, 0.25) is 0 Å². The number of aromatic nitrogens is 3. The van der Waals surface area contributed by atoms with E-state index >= 15 is 0 Å². The Morgan fingerprint density at radius 2 is 1.86 bits per heavy atom. The van der Waals surface area contributed by atoms with Crippen LogP contribution >= 0.6 is 0 Å². The summed E-state index contributed by atoms with van der Waals surface area (Å²) in [5.41, 5.74) is 3.16. The lowest BCUT2D eigenvalue weighted by Crippen LogP contribution is -2.31. The Morgan fingerprint density at radius 3 is 2.56 bits per heavy atom. The highest BCUT2D eigenvalue weighted by molar-refractivity contribution is 6.04. The summed E-state index contributed by atoms with van der Waals surface area (Å²) in [5.74, 6) is -0.565. The van der Waals surface area contributed by atoms with Crippen LogP contribution in [0, 0.1) is 5.82 Å². The third kappa shape index (κ3) is 4.95. The number of phenols is 1. The predicted molar refractivity (Wildman–Crippen MR) is 132 cm³/mol. The van der Waals surface area contributed by atoms with Crippen molar-refractivity contribution in [3.8, 4) is 17.0 Å². The van der Waals surface area contributed by atoms with E-state index in [1.165, 1.54) is 35.3 Å². The Kier molecular flexibility index (Phi) is 6.44. The van der Waals surface area contributed by atoms with Crippen molar-refractivity contribution in [3.05, 3.63) is 95.7 Å². The van der Waals surface area contributed by atoms with Crippen molar-refractivity contribution in [2.75, 3.05) is 5.32 Å². The van der Waals surface area contributed by atoms with Crippen LogP contribution in [0.25, 0.3) is 11.3 Å². The first-order chi connectivity index (χ1) is 17.5. The van der Waals surface area contributed by atoms with Crippen molar-refractivity contribution in [1.29, 1.82) is 0 Å². The maximum atomic E-state index is 13.5. The van der Waals surface area contributed by atoms with Gasteiger partial charge >= 0.3 is 6.03 Å². The summed E-state index contributed by atoms with van der Waals surface area (Å²) < 4.78 is 14.8. The Bertz CT molecular complexity index is 1420. The molecule has 0 spiro atoms. The Labute approximate surface area is 206 Å². The second-order valence-corrected chi connectivity index (χ2v) is 8.70. The molecule has 0 aliphatic heterocycles. The molecule has 36 heavy (non-hydrogen) atoms. The van der Waals surface area contributed by atoms with E-state index in [1.807, 2.05) is 6.07 Å². The third-order valence-electron chi connectivity index (χ3n) is 6.26. The summed E-state index contributed by atoms with van der Waals surface area (Å²) >= 11 is 0. The molecule has 9 heteroatoms. The number of rotatable bonds is 6. The minimum Gasteiger partial charge on any atom is -0.507 e. The van der Waals surface area contributed by atoms with Crippen LogP contribution in [-0.4, -0.2) is 31.8 Å². The van der Waals surface area contributed by atoms with Crippen molar-refractivity contribution >= 4 is 17.6 Å². The number of hydrogen-bond acceptors (Lipinski definition) is 5. The molecule has 0 bridgehead atoms. The van der Waals surface area contributed by atoms with Crippen LogP contribution in [0.15, 0.2) is 73.1 Å². The second-order valence-electron chi connectivity index (χ2n) is 8.70. The zero-order valence-electron chi connectivity index (χ0n) is 19.3.